The number of carbonyl (C=O) groups is 1. The second kappa shape index (κ2) is 6.83. The second-order valence-electron chi connectivity index (χ2n) is 6.81. The van der Waals surface area contributed by atoms with Crippen molar-refractivity contribution < 1.29 is 9.32 Å². The van der Waals surface area contributed by atoms with Crippen molar-refractivity contribution in [2.24, 2.45) is 0 Å². The number of nitrogen functional groups attached to an aromatic ring is 1. The summed E-state index contributed by atoms with van der Waals surface area (Å²) in [7, 11) is 0. The van der Waals surface area contributed by atoms with Crippen LogP contribution in [-0.4, -0.2) is 21.2 Å². The van der Waals surface area contributed by atoms with Gasteiger partial charge >= 0.3 is 6.03 Å². The number of pyridine rings is 2. The van der Waals surface area contributed by atoms with E-state index in [1.807, 2.05) is 32.9 Å². The topological polar surface area (TPSA) is 119 Å². The zero-order chi connectivity index (χ0) is 18.7. The Morgan fingerprint density at radius 2 is 1.65 bits per heavy atom. The fraction of sp³-hybridized carbons (Fsp3) is 0.222. The van der Waals surface area contributed by atoms with Gasteiger partial charge in [0.2, 0.25) is 0 Å². The molecule has 134 valence electrons. The first-order valence-corrected chi connectivity index (χ1v) is 8.04. The van der Waals surface area contributed by atoms with Crippen molar-refractivity contribution in [1.29, 1.82) is 0 Å². The lowest BCUT2D eigenvalue weighted by atomic mass is 9.93. The number of anilines is 3. The van der Waals surface area contributed by atoms with Crippen LogP contribution in [0.1, 0.15) is 26.5 Å². The van der Waals surface area contributed by atoms with Crippen molar-refractivity contribution in [1.82, 2.24) is 15.1 Å². The van der Waals surface area contributed by atoms with Crippen LogP contribution in [0.25, 0.3) is 11.1 Å². The van der Waals surface area contributed by atoms with Crippen LogP contribution in [0.15, 0.2) is 47.2 Å². The zero-order valence-corrected chi connectivity index (χ0v) is 14.8. The van der Waals surface area contributed by atoms with Crippen LogP contribution in [0.5, 0.6) is 0 Å². The predicted molar refractivity (Wildman–Crippen MR) is 99.7 cm³/mol. The van der Waals surface area contributed by atoms with Gasteiger partial charge in [0.05, 0.1) is 0 Å². The van der Waals surface area contributed by atoms with E-state index in [0.717, 1.165) is 11.1 Å². The molecular formula is C18H20N6O2. The summed E-state index contributed by atoms with van der Waals surface area (Å²) in [6.45, 7) is 6.00. The van der Waals surface area contributed by atoms with Gasteiger partial charge in [0.25, 0.3) is 0 Å². The summed E-state index contributed by atoms with van der Waals surface area (Å²) in [6, 6.07) is 8.37. The molecule has 8 nitrogen and oxygen atoms in total. The van der Waals surface area contributed by atoms with Gasteiger partial charge in [0.1, 0.15) is 17.4 Å². The second-order valence-corrected chi connectivity index (χ2v) is 6.81. The van der Waals surface area contributed by atoms with Gasteiger partial charge in [-0.3, -0.25) is 10.6 Å². The standard InChI is InChI=1S/C18H20N6O2/c1-18(2,3)13-8-16(24-26-13)23-17(25)22-15-7-5-12(10-21-15)11-4-6-14(19)20-9-11/h4-10H,1-3H3,(H2,19,20)(H2,21,22,23,24,25). The molecule has 0 unspecified atom stereocenters. The molecule has 2 amide bonds. The number of nitrogens with one attached hydrogen (secondary N) is 2. The van der Waals surface area contributed by atoms with Crippen LogP contribution >= 0.6 is 0 Å². The molecule has 0 spiro atoms. The highest BCUT2D eigenvalue weighted by atomic mass is 16.5. The van der Waals surface area contributed by atoms with E-state index in [-0.39, 0.29) is 5.41 Å². The molecule has 3 heterocycles. The number of amides is 2. The summed E-state index contributed by atoms with van der Waals surface area (Å²) >= 11 is 0. The van der Waals surface area contributed by atoms with E-state index in [1.54, 1.807) is 30.6 Å². The Bertz CT molecular complexity index is 895. The van der Waals surface area contributed by atoms with Gasteiger partial charge in [0, 0.05) is 35.0 Å². The van der Waals surface area contributed by atoms with E-state index in [9.17, 15) is 4.79 Å². The molecule has 0 saturated carbocycles. The van der Waals surface area contributed by atoms with Crippen LogP contribution in [0.2, 0.25) is 0 Å². The van der Waals surface area contributed by atoms with Gasteiger partial charge in [0.15, 0.2) is 5.82 Å². The zero-order valence-electron chi connectivity index (χ0n) is 14.8. The van der Waals surface area contributed by atoms with Crippen LogP contribution in [0.4, 0.5) is 22.2 Å². The van der Waals surface area contributed by atoms with Crippen LogP contribution in [0.3, 0.4) is 0 Å². The summed E-state index contributed by atoms with van der Waals surface area (Å²) < 4.78 is 5.23. The first-order valence-electron chi connectivity index (χ1n) is 8.04. The number of hydrogen-bond donors (Lipinski definition) is 3. The molecule has 0 aliphatic carbocycles. The quantitative estimate of drug-likeness (QED) is 0.662. The highest BCUT2D eigenvalue weighted by molar-refractivity contribution is 5.98. The lowest BCUT2D eigenvalue weighted by Gasteiger charge is -2.12. The highest BCUT2D eigenvalue weighted by Gasteiger charge is 2.20. The first kappa shape index (κ1) is 17.4. The molecule has 26 heavy (non-hydrogen) atoms. The third-order valence-corrected chi connectivity index (χ3v) is 3.62. The molecule has 0 aliphatic heterocycles. The molecule has 0 atom stereocenters. The van der Waals surface area contributed by atoms with E-state index < -0.39 is 6.03 Å². The number of rotatable bonds is 3. The fourth-order valence-corrected chi connectivity index (χ4v) is 2.17. The average molecular weight is 352 g/mol. The SMILES string of the molecule is CC(C)(C)c1cc(NC(=O)Nc2ccc(-c3ccc(N)nc3)cn2)no1. The van der Waals surface area contributed by atoms with E-state index in [2.05, 4.69) is 25.8 Å². The lowest BCUT2D eigenvalue weighted by Crippen LogP contribution is -2.20. The summed E-state index contributed by atoms with van der Waals surface area (Å²) in [5, 5.41) is 9.10. The average Bonchev–Trinajstić information content (AvgIpc) is 3.05. The molecule has 3 rings (SSSR count). The van der Waals surface area contributed by atoms with Gasteiger partial charge in [-0.1, -0.05) is 25.9 Å². The van der Waals surface area contributed by atoms with Crippen molar-refractivity contribution in [2.75, 3.05) is 16.4 Å². The predicted octanol–water partition coefficient (Wildman–Crippen LogP) is 3.66. The fourth-order valence-electron chi connectivity index (χ4n) is 2.17. The van der Waals surface area contributed by atoms with Gasteiger partial charge in [-0.25, -0.2) is 14.8 Å². The molecule has 4 N–H and O–H groups in total. The minimum atomic E-state index is -0.451. The monoisotopic (exact) mass is 352 g/mol. The van der Waals surface area contributed by atoms with Gasteiger partial charge in [-0.2, -0.15) is 0 Å². The van der Waals surface area contributed by atoms with E-state index in [1.165, 1.54) is 0 Å². The maximum absolute atomic E-state index is 12.1. The minimum Gasteiger partial charge on any atom is -0.384 e. The molecule has 0 radical (unpaired) electrons. The van der Waals surface area contributed by atoms with Crippen molar-refractivity contribution in [3.8, 4) is 11.1 Å². The Morgan fingerprint density at radius 3 is 2.19 bits per heavy atom. The summed E-state index contributed by atoms with van der Waals surface area (Å²) in [5.41, 5.74) is 7.16. The third-order valence-electron chi connectivity index (χ3n) is 3.62. The number of carbonyl (C=O) groups excluding carboxylic acids is 1. The number of aromatic nitrogens is 3. The van der Waals surface area contributed by atoms with Crippen LogP contribution in [-0.2, 0) is 5.41 Å². The minimum absolute atomic E-state index is 0.183. The Labute approximate surface area is 150 Å². The molecule has 0 aromatic carbocycles. The van der Waals surface area contributed by atoms with E-state index >= 15 is 0 Å². The van der Waals surface area contributed by atoms with Crippen LogP contribution in [0, 0.1) is 0 Å². The number of hydrogen-bond acceptors (Lipinski definition) is 6. The first-order chi connectivity index (χ1) is 12.3. The molecular weight excluding hydrogens is 332 g/mol. The lowest BCUT2D eigenvalue weighted by molar-refractivity contribution is 0.261. The maximum atomic E-state index is 12.1. The molecule has 0 fully saturated rings. The third kappa shape index (κ3) is 4.15. The Morgan fingerprint density at radius 1 is 1.00 bits per heavy atom. The smallest absolute Gasteiger partial charge is 0.326 e. The summed E-state index contributed by atoms with van der Waals surface area (Å²) in [6.07, 6.45) is 3.32. The summed E-state index contributed by atoms with van der Waals surface area (Å²) in [5.74, 6) is 1.90. The molecule has 3 aromatic rings. The molecule has 0 bridgehead atoms. The molecule has 3 aromatic heterocycles. The normalized spacial score (nSPS) is 11.2. The molecule has 8 heteroatoms. The van der Waals surface area contributed by atoms with Crippen molar-refractivity contribution in [3.63, 3.8) is 0 Å². The van der Waals surface area contributed by atoms with Crippen molar-refractivity contribution in [2.45, 2.75) is 26.2 Å². The van der Waals surface area contributed by atoms with E-state index in [0.29, 0.717) is 23.2 Å². The van der Waals surface area contributed by atoms with Crippen molar-refractivity contribution >= 4 is 23.5 Å². The van der Waals surface area contributed by atoms with Crippen LogP contribution < -0.4 is 16.4 Å². The van der Waals surface area contributed by atoms with Gasteiger partial charge < -0.3 is 10.3 Å². The van der Waals surface area contributed by atoms with Crippen molar-refractivity contribution in [3.05, 3.63) is 48.5 Å². The summed E-state index contributed by atoms with van der Waals surface area (Å²) in [4.78, 5) is 20.3. The number of nitrogens with zero attached hydrogens (tertiary/aromatic N) is 3. The number of urea groups is 1. The maximum Gasteiger partial charge on any atom is 0.326 e. The largest absolute Gasteiger partial charge is 0.384 e. The molecule has 0 aliphatic rings. The number of nitrogens with two attached hydrogens (primary N) is 1. The highest BCUT2D eigenvalue weighted by Crippen LogP contribution is 2.24. The molecule has 0 saturated heterocycles. The van der Waals surface area contributed by atoms with Gasteiger partial charge in [-0.05, 0) is 24.3 Å². The Hall–Kier alpha value is -3.42. The van der Waals surface area contributed by atoms with Gasteiger partial charge in [-0.15, -0.1) is 0 Å². The Kier molecular flexibility index (Phi) is 4.57. The van der Waals surface area contributed by atoms with E-state index in [4.69, 9.17) is 10.3 Å². The Balaban J connectivity index is 1.62.